The summed E-state index contributed by atoms with van der Waals surface area (Å²) in [6, 6.07) is 15.9. The van der Waals surface area contributed by atoms with Gasteiger partial charge in [0.05, 0.1) is 13.2 Å². The van der Waals surface area contributed by atoms with Gasteiger partial charge in [-0.15, -0.1) is 0 Å². The highest BCUT2D eigenvalue weighted by molar-refractivity contribution is 5.96. The van der Waals surface area contributed by atoms with Gasteiger partial charge in [-0.25, -0.2) is 4.39 Å². The number of nitrogens with one attached hydrogen (secondary N) is 2. The lowest BCUT2D eigenvalue weighted by atomic mass is 9.98. The van der Waals surface area contributed by atoms with Crippen molar-refractivity contribution in [3.05, 3.63) is 77.6 Å². The highest BCUT2D eigenvalue weighted by Crippen LogP contribution is 2.33. The van der Waals surface area contributed by atoms with Gasteiger partial charge in [0.25, 0.3) is 11.8 Å². The van der Waals surface area contributed by atoms with Gasteiger partial charge in [0.2, 0.25) is 5.91 Å². The van der Waals surface area contributed by atoms with E-state index in [1.54, 1.807) is 54.5 Å². The summed E-state index contributed by atoms with van der Waals surface area (Å²) in [4.78, 5) is 40.7. The Morgan fingerprint density at radius 2 is 1.88 bits per heavy atom. The Morgan fingerprint density at radius 3 is 2.67 bits per heavy atom. The van der Waals surface area contributed by atoms with E-state index in [9.17, 15) is 18.8 Å². The maximum atomic E-state index is 14.6. The van der Waals surface area contributed by atoms with Crippen molar-refractivity contribution in [1.82, 2.24) is 15.5 Å². The van der Waals surface area contributed by atoms with E-state index in [4.69, 9.17) is 14.2 Å². The maximum Gasteiger partial charge on any atom is 0.258 e. The maximum absolute atomic E-state index is 14.6. The Kier molecular flexibility index (Phi) is 8.61. The third-order valence-corrected chi connectivity index (χ3v) is 7.36. The summed E-state index contributed by atoms with van der Waals surface area (Å²) in [7, 11) is 1.55. The summed E-state index contributed by atoms with van der Waals surface area (Å²) in [5, 5.41) is 5.81. The lowest BCUT2D eigenvalue weighted by molar-refractivity contribution is -0.137. The SMILES string of the molecule is COc1ccc2cc1-c1cccc(c1)OCC(=O)NCc1cc(F)cc(c1)O[C@@H]1CCN(C(=O)C(C)C)C[C@H]1NC2=O. The van der Waals surface area contributed by atoms with Crippen LogP contribution in [0.25, 0.3) is 11.1 Å². The van der Waals surface area contributed by atoms with Crippen LogP contribution in [0.5, 0.6) is 17.2 Å². The first kappa shape index (κ1) is 28.9. The third kappa shape index (κ3) is 6.64. The van der Waals surface area contributed by atoms with Crippen LogP contribution in [0.2, 0.25) is 0 Å². The molecule has 2 N–H and O–H groups in total. The van der Waals surface area contributed by atoms with Gasteiger partial charge in [0.1, 0.15) is 29.2 Å². The summed E-state index contributed by atoms with van der Waals surface area (Å²) < 4.78 is 32.1. The zero-order chi connectivity index (χ0) is 29.8. The first-order valence-corrected chi connectivity index (χ1v) is 13.9. The molecule has 2 aliphatic rings. The van der Waals surface area contributed by atoms with Crippen molar-refractivity contribution in [3.8, 4) is 28.4 Å². The quantitative estimate of drug-likeness (QED) is 0.480. The van der Waals surface area contributed by atoms with Crippen molar-refractivity contribution in [2.75, 3.05) is 26.8 Å². The number of benzene rings is 3. The number of rotatable bonds is 2. The number of piperidine rings is 1. The highest BCUT2D eigenvalue weighted by Gasteiger charge is 2.35. The number of methoxy groups -OCH3 is 1. The van der Waals surface area contributed by atoms with Crippen LogP contribution in [0.4, 0.5) is 4.39 Å². The normalized spacial score (nSPS) is 19.1. The number of likely N-dealkylation sites (tertiary alicyclic amines) is 1. The molecule has 220 valence electrons. The molecule has 2 heterocycles. The summed E-state index contributed by atoms with van der Waals surface area (Å²) in [6.45, 7) is 4.18. The minimum Gasteiger partial charge on any atom is -0.496 e. The van der Waals surface area contributed by atoms with E-state index in [1.165, 1.54) is 12.1 Å². The molecule has 42 heavy (non-hydrogen) atoms. The molecule has 3 aromatic carbocycles. The van der Waals surface area contributed by atoms with Gasteiger partial charge in [-0.2, -0.15) is 0 Å². The number of carbonyl (C=O) groups excluding carboxylic acids is 3. The van der Waals surface area contributed by atoms with Crippen LogP contribution in [0.1, 0.15) is 36.2 Å². The Morgan fingerprint density at radius 1 is 1.05 bits per heavy atom. The van der Waals surface area contributed by atoms with E-state index in [1.807, 2.05) is 19.9 Å². The monoisotopic (exact) mass is 575 g/mol. The number of halogens is 1. The molecular formula is C32H34FN3O6. The minimum atomic E-state index is -0.565. The van der Waals surface area contributed by atoms with Crippen LogP contribution in [0, 0.1) is 11.7 Å². The van der Waals surface area contributed by atoms with Gasteiger partial charge in [-0.1, -0.05) is 26.0 Å². The number of hydrogen-bond acceptors (Lipinski definition) is 6. The molecule has 1 saturated heterocycles. The fourth-order valence-electron chi connectivity index (χ4n) is 5.22. The second kappa shape index (κ2) is 12.5. The van der Waals surface area contributed by atoms with Crippen LogP contribution in [0.3, 0.4) is 0 Å². The Labute approximate surface area is 243 Å². The van der Waals surface area contributed by atoms with Crippen LogP contribution in [-0.2, 0) is 16.1 Å². The van der Waals surface area contributed by atoms with Crippen molar-refractivity contribution in [1.29, 1.82) is 0 Å². The van der Waals surface area contributed by atoms with Crippen LogP contribution in [0.15, 0.2) is 60.7 Å². The first-order valence-electron chi connectivity index (χ1n) is 13.9. The van der Waals surface area contributed by atoms with Crippen molar-refractivity contribution in [3.63, 3.8) is 0 Å². The van der Waals surface area contributed by atoms with E-state index >= 15 is 0 Å². The van der Waals surface area contributed by atoms with Gasteiger partial charge >= 0.3 is 0 Å². The van der Waals surface area contributed by atoms with Gasteiger partial charge < -0.3 is 29.7 Å². The molecule has 3 amide bonds. The Bertz CT molecular complexity index is 1490. The average Bonchev–Trinajstić information content (AvgIpc) is 2.98. The number of fused-ring (bicyclic) bond motifs is 8. The van der Waals surface area contributed by atoms with Crippen molar-refractivity contribution in [2.45, 2.75) is 39.0 Å². The molecule has 3 aromatic rings. The molecule has 6 bridgehead atoms. The van der Waals surface area contributed by atoms with Crippen molar-refractivity contribution >= 4 is 17.7 Å². The number of nitrogens with zero attached hydrogens (tertiary/aromatic N) is 1. The predicted molar refractivity (Wildman–Crippen MR) is 154 cm³/mol. The van der Waals surface area contributed by atoms with E-state index in [0.29, 0.717) is 41.2 Å². The summed E-state index contributed by atoms with van der Waals surface area (Å²) in [6.07, 6.45) is -0.0939. The summed E-state index contributed by atoms with van der Waals surface area (Å²) in [5.74, 6) is -0.182. The fraction of sp³-hybridized carbons (Fsp3) is 0.344. The molecule has 0 radical (unpaired) electrons. The van der Waals surface area contributed by atoms with E-state index in [2.05, 4.69) is 10.6 Å². The molecule has 5 rings (SSSR count). The molecule has 2 aliphatic heterocycles. The lowest BCUT2D eigenvalue weighted by Crippen LogP contribution is -2.58. The molecular weight excluding hydrogens is 541 g/mol. The zero-order valence-corrected chi connectivity index (χ0v) is 23.8. The summed E-state index contributed by atoms with van der Waals surface area (Å²) >= 11 is 0. The summed E-state index contributed by atoms with van der Waals surface area (Å²) in [5.41, 5.74) is 2.29. The second-order valence-corrected chi connectivity index (χ2v) is 10.8. The smallest absolute Gasteiger partial charge is 0.258 e. The first-order chi connectivity index (χ1) is 20.2. The van der Waals surface area contributed by atoms with E-state index in [0.717, 1.165) is 5.56 Å². The van der Waals surface area contributed by atoms with Crippen LogP contribution in [-0.4, -0.2) is 61.6 Å². The zero-order valence-electron chi connectivity index (χ0n) is 23.8. The second-order valence-electron chi connectivity index (χ2n) is 10.8. The molecule has 9 nitrogen and oxygen atoms in total. The van der Waals surface area contributed by atoms with Gasteiger partial charge in [-0.05, 0) is 53.6 Å². The van der Waals surface area contributed by atoms with Crippen LogP contribution >= 0.6 is 0 Å². The third-order valence-electron chi connectivity index (χ3n) is 7.36. The molecule has 0 spiro atoms. The molecule has 2 atom stereocenters. The molecule has 1 fully saturated rings. The molecule has 0 saturated carbocycles. The molecule has 0 aliphatic carbocycles. The van der Waals surface area contributed by atoms with Gasteiger partial charge in [0.15, 0.2) is 6.61 Å². The van der Waals surface area contributed by atoms with Crippen LogP contribution < -0.4 is 24.8 Å². The van der Waals surface area contributed by atoms with E-state index in [-0.39, 0.29) is 49.1 Å². The van der Waals surface area contributed by atoms with Crippen molar-refractivity contribution < 1.29 is 33.0 Å². The van der Waals surface area contributed by atoms with E-state index < -0.39 is 18.0 Å². The Hall–Kier alpha value is -4.60. The molecule has 0 aromatic heterocycles. The fourth-order valence-corrected chi connectivity index (χ4v) is 5.22. The number of carbonyl (C=O) groups is 3. The predicted octanol–water partition coefficient (Wildman–Crippen LogP) is 3.94. The number of amides is 3. The van der Waals surface area contributed by atoms with Crippen molar-refractivity contribution in [2.24, 2.45) is 5.92 Å². The number of hydrogen-bond donors (Lipinski definition) is 2. The molecule has 10 heteroatoms. The largest absolute Gasteiger partial charge is 0.496 e. The lowest BCUT2D eigenvalue weighted by Gasteiger charge is -2.39. The Balaban J connectivity index is 1.53. The average molecular weight is 576 g/mol. The minimum absolute atomic E-state index is 0.0177. The topological polar surface area (TPSA) is 106 Å². The van der Waals surface area contributed by atoms with Gasteiger partial charge in [0, 0.05) is 49.2 Å². The number of ether oxygens (including phenoxy) is 3. The van der Waals surface area contributed by atoms with Gasteiger partial charge in [-0.3, -0.25) is 14.4 Å². The standard InChI is InChI=1S/C32H34FN3O6/c1-19(2)32(39)36-10-9-29-27(17-36)35-31(38)22-7-8-28(40-3)26(14-22)21-5-4-6-24(13-21)41-18-30(37)34-16-20-11-23(33)15-25(12-20)42-29/h4-8,11-15,19,27,29H,9-10,16-18H2,1-3H3,(H,34,37)(H,35,38)/t27-,29-/m1/s1. The molecule has 0 unspecified atom stereocenters. The highest BCUT2D eigenvalue weighted by atomic mass is 19.1.